The summed E-state index contributed by atoms with van der Waals surface area (Å²) in [6.07, 6.45) is 3.71. The van der Waals surface area contributed by atoms with E-state index < -0.39 is 0 Å². The zero-order valence-corrected chi connectivity index (χ0v) is 19.1. The fourth-order valence-electron chi connectivity index (χ4n) is 3.91. The number of benzene rings is 2. The molecule has 0 bridgehead atoms. The molecule has 0 spiro atoms. The van der Waals surface area contributed by atoms with Crippen molar-refractivity contribution >= 4 is 21.9 Å². The van der Waals surface area contributed by atoms with Crippen LogP contribution in [-0.4, -0.2) is 40.8 Å². The molecule has 2 aromatic carbocycles. The quantitative estimate of drug-likeness (QED) is 0.331. The molecule has 168 valence electrons. The summed E-state index contributed by atoms with van der Waals surface area (Å²) in [4.78, 5) is 16.2. The number of rotatable bonds is 7. The van der Waals surface area contributed by atoms with Crippen molar-refractivity contribution in [3.05, 3.63) is 54.9 Å². The molecule has 0 saturated heterocycles. The van der Waals surface area contributed by atoms with Crippen LogP contribution in [0.5, 0.6) is 17.2 Å². The van der Waals surface area contributed by atoms with Gasteiger partial charge in [0.15, 0.2) is 11.5 Å². The molecule has 0 fully saturated rings. The zero-order chi connectivity index (χ0) is 22.9. The van der Waals surface area contributed by atoms with Crippen molar-refractivity contribution < 1.29 is 14.2 Å². The second-order valence-corrected chi connectivity index (χ2v) is 8.34. The Kier molecular flexibility index (Phi) is 5.38. The highest BCUT2D eigenvalue weighted by Gasteiger charge is 2.19. The number of aromatic amines is 2. The molecule has 5 rings (SSSR count). The average Bonchev–Trinajstić information content (AvgIpc) is 3.48. The van der Waals surface area contributed by atoms with Gasteiger partial charge >= 0.3 is 0 Å². The van der Waals surface area contributed by atoms with Gasteiger partial charge in [-0.05, 0) is 48.4 Å². The number of pyridine rings is 1. The van der Waals surface area contributed by atoms with E-state index in [-0.39, 0.29) is 0 Å². The molecule has 2 N–H and O–H groups in total. The Balaban J connectivity index is 1.63. The third-order valence-electron chi connectivity index (χ3n) is 5.52. The molecule has 3 heterocycles. The van der Waals surface area contributed by atoms with Gasteiger partial charge in [-0.25, -0.2) is 4.98 Å². The van der Waals surface area contributed by atoms with Crippen LogP contribution in [0, 0.1) is 5.92 Å². The van der Waals surface area contributed by atoms with E-state index in [0.29, 0.717) is 29.8 Å². The van der Waals surface area contributed by atoms with Crippen LogP contribution in [0.25, 0.3) is 44.6 Å². The number of methoxy groups -OCH3 is 2. The molecule has 7 nitrogen and oxygen atoms in total. The Bertz CT molecular complexity index is 1430. The Morgan fingerprint density at radius 1 is 0.909 bits per heavy atom. The second-order valence-electron chi connectivity index (χ2n) is 8.34. The summed E-state index contributed by atoms with van der Waals surface area (Å²) in [6.45, 7) is 4.77. The van der Waals surface area contributed by atoms with Gasteiger partial charge in [-0.3, -0.25) is 4.98 Å². The lowest BCUT2D eigenvalue weighted by atomic mass is 10.1. The van der Waals surface area contributed by atoms with Gasteiger partial charge in [-0.2, -0.15) is 0 Å². The highest BCUT2D eigenvalue weighted by Crippen LogP contribution is 2.42. The molecule has 0 aliphatic carbocycles. The van der Waals surface area contributed by atoms with Gasteiger partial charge in [-0.1, -0.05) is 13.8 Å². The smallest absolute Gasteiger partial charge is 0.203 e. The van der Waals surface area contributed by atoms with Crippen LogP contribution in [0.1, 0.15) is 13.8 Å². The predicted octanol–water partition coefficient (Wildman–Crippen LogP) is 5.83. The van der Waals surface area contributed by atoms with Crippen LogP contribution in [-0.2, 0) is 0 Å². The van der Waals surface area contributed by atoms with Gasteiger partial charge in [0.25, 0.3) is 0 Å². The van der Waals surface area contributed by atoms with Crippen molar-refractivity contribution in [1.82, 2.24) is 19.9 Å². The average molecular weight is 443 g/mol. The number of fused-ring (bicyclic) bond motifs is 2. The van der Waals surface area contributed by atoms with E-state index >= 15 is 0 Å². The fourth-order valence-corrected chi connectivity index (χ4v) is 3.91. The Morgan fingerprint density at radius 2 is 1.76 bits per heavy atom. The minimum absolute atomic E-state index is 0.372. The van der Waals surface area contributed by atoms with E-state index in [1.54, 1.807) is 20.4 Å². The Morgan fingerprint density at radius 3 is 2.55 bits per heavy atom. The minimum atomic E-state index is 0.372. The number of nitrogens with zero attached hydrogens (tertiary/aromatic N) is 2. The van der Waals surface area contributed by atoms with Crippen LogP contribution in [0.2, 0.25) is 0 Å². The summed E-state index contributed by atoms with van der Waals surface area (Å²) in [5.74, 6) is 2.93. The summed E-state index contributed by atoms with van der Waals surface area (Å²) in [6, 6.07) is 14.1. The molecule has 0 radical (unpaired) electrons. The molecule has 0 atom stereocenters. The van der Waals surface area contributed by atoms with Crippen molar-refractivity contribution in [2.24, 2.45) is 5.92 Å². The molecule has 0 unspecified atom stereocenters. The highest BCUT2D eigenvalue weighted by molar-refractivity contribution is 5.93. The number of imidazole rings is 1. The maximum atomic E-state index is 6.05. The SMILES string of the molecule is COc1cc(-c2nccc3[nH]c(-c4ccc5[nH]ccc5c4)nc23)cc(OCC(C)C)c1OC. The third kappa shape index (κ3) is 3.86. The van der Waals surface area contributed by atoms with Crippen LogP contribution >= 0.6 is 0 Å². The summed E-state index contributed by atoms with van der Waals surface area (Å²) in [5.41, 5.74) is 5.38. The number of aromatic nitrogens is 4. The zero-order valence-electron chi connectivity index (χ0n) is 19.1. The molecule has 5 aromatic rings. The first-order valence-electron chi connectivity index (χ1n) is 10.9. The molecule has 7 heteroatoms. The first kappa shape index (κ1) is 20.9. The van der Waals surface area contributed by atoms with Crippen molar-refractivity contribution in [3.8, 4) is 39.9 Å². The molecule has 0 aliphatic heterocycles. The molecule has 0 amide bonds. The first-order chi connectivity index (χ1) is 16.1. The summed E-state index contributed by atoms with van der Waals surface area (Å²) in [5, 5.41) is 1.14. The van der Waals surface area contributed by atoms with Gasteiger partial charge in [0, 0.05) is 34.4 Å². The maximum Gasteiger partial charge on any atom is 0.203 e. The van der Waals surface area contributed by atoms with Crippen LogP contribution < -0.4 is 14.2 Å². The topological polar surface area (TPSA) is 85.1 Å². The van der Waals surface area contributed by atoms with Gasteiger partial charge in [0.2, 0.25) is 5.75 Å². The van der Waals surface area contributed by atoms with Crippen LogP contribution in [0.3, 0.4) is 0 Å². The molecule has 33 heavy (non-hydrogen) atoms. The van der Waals surface area contributed by atoms with Crippen molar-refractivity contribution in [1.29, 1.82) is 0 Å². The normalized spacial score (nSPS) is 11.4. The van der Waals surface area contributed by atoms with Gasteiger partial charge < -0.3 is 24.2 Å². The minimum Gasteiger partial charge on any atom is -0.493 e. The standard InChI is InChI=1S/C26H26N4O3/c1-15(2)14-33-22-13-18(12-21(31-3)25(22)32-4)23-24-20(8-10-28-23)29-26(30-24)17-5-6-19-16(11-17)7-9-27-19/h5-13,15,27H,14H2,1-4H3,(H,29,30). The second kappa shape index (κ2) is 8.50. The van der Waals surface area contributed by atoms with Gasteiger partial charge in [0.05, 0.1) is 32.0 Å². The summed E-state index contributed by atoms with van der Waals surface area (Å²) < 4.78 is 17.2. The lowest BCUT2D eigenvalue weighted by molar-refractivity contribution is 0.252. The molecule has 0 aliphatic rings. The van der Waals surface area contributed by atoms with Crippen LogP contribution in [0.4, 0.5) is 0 Å². The predicted molar refractivity (Wildman–Crippen MR) is 130 cm³/mol. The number of H-pyrrole nitrogens is 2. The maximum absolute atomic E-state index is 6.05. The molecular weight excluding hydrogens is 416 g/mol. The lowest BCUT2D eigenvalue weighted by Gasteiger charge is -2.16. The monoisotopic (exact) mass is 442 g/mol. The van der Waals surface area contributed by atoms with E-state index in [9.17, 15) is 0 Å². The summed E-state index contributed by atoms with van der Waals surface area (Å²) >= 11 is 0. The first-order valence-corrected chi connectivity index (χ1v) is 10.9. The molecule has 0 saturated carbocycles. The van der Waals surface area contributed by atoms with E-state index in [2.05, 4.69) is 53.1 Å². The van der Waals surface area contributed by atoms with Gasteiger partial charge in [-0.15, -0.1) is 0 Å². The third-order valence-corrected chi connectivity index (χ3v) is 5.52. The number of nitrogens with one attached hydrogen (secondary N) is 2. The van der Waals surface area contributed by atoms with Crippen molar-refractivity contribution in [3.63, 3.8) is 0 Å². The van der Waals surface area contributed by atoms with Crippen molar-refractivity contribution in [2.45, 2.75) is 13.8 Å². The lowest BCUT2D eigenvalue weighted by Crippen LogP contribution is -2.06. The van der Waals surface area contributed by atoms with E-state index in [1.807, 2.05) is 24.4 Å². The number of hydrogen-bond acceptors (Lipinski definition) is 5. The summed E-state index contributed by atoms with van der Waals surface area (Å²) in [7, 11) is 3.23. The van der Waals surface area contributed by atoms with E-state index in [0.717, 1.165) is 44.6 Å². The number of ether oxygens (including phenoxy) is 3. The Hall–Kier alpha value is -4.00. The Labute approximate surface area is 191 Å². The fraction of sp³-hybridized carbons (Fsp3) is 0.231. The molecular formula is C26H26N4O3. The largest absolute Gasteiger partial charge is 0.493 e. The van der Waals surface area contributed by atoms with E-state index in [4.69, 9.17) is 19.2 Å². The number of hydrogen-bond donors (Lipinski definition) is 2. The van der Waals surface area contributed by atoms with Crippen molar-refractivity contribution in [2.75, 3.05) is 20.8 Å². The van der Waals surface area contributed by atoms with Crippen LogP contribution in [0.15, 0.2) is 54.9 Å². The van der Waals surface area contributed by atoms with E-state index in [1.165, 1.54) is 0 Å². The molecule has 3 aromatic heterocycles. The van der Waals surface area contributed by atoms with Gasteiger partial charge in [0.1, 0.15) is 11.3 Å². The highest BCUT2D eigenvalue weighted by atomic mass is 16.5.